The number of pyridine rings is 2. The smallest absolute Gasteiger partial charge is 0.412 e. The van der Waals surface area contributed by atoms with E-state index in [2.05, 4.69) is 20.7 Å². The maximum absolute atomic E-state index is 12.1. The van der Waals surface area contributed by atoms with Crippen LogP contribution >= 0.6 is 11.3 Å². The fraction of sp³-hybridized carbons (Fsp3) is 0.240. The summed E-state index contributed by atoms with van der Waals surface area (Å²) in [6, 6.07) is 11.5. The van der Waals surface area contributed by atoms with Gasteiger partial charge >= 0.3 is 6.09 Å². The van der Waals surface area contributed by atoms with Crippen LogP contribution in [0.15, 0.2) is 60.4 Å². The van der Waals surface area contributed by atoms with Crippen molar-refractivity contribution in [3.63, 3.8) is 0 Å². The zero-order chi connectivity index (χ0) is 23.3. The first-order chi connectivity index (χ1) is 15.3. The molecule has 0 atom stereocenters. The molecule has 0 aliphatic rings. The summed E-state index contributed by atoms with van der Waals surface area (Å²) >= 11 is 1.61. The summed E-state index contributed by atoms with van der Waals surface area (Å²) in [6.07, 6.45) is 4.86. The van der Waals surface area contributed by atoms with Gasteiger partial charge in [0, 0.05) is 51.1 Å². The van der Waals surface area contributed by atoms with Gasteiger partial charge in [0.25, 0.3) is 0 Å². The van der Waals surface area contributed by atoms with Crippen LogP contribution in [0.2, 0.25) is 0 Å². The van der Waals surface area contributed by atoms with Gasteiger partial charge in [-0.15, -0.1) is 11.3 Å². The second-order valence-corrected chi connectivity index (χ2v) is 8.74. The second-order valence-electron chi connectivity index (χ2n) is 7.86. The Morgan fingerprint density at radius 2 is 1.81 bits per heavy atom. The Morgan fingerprint density at radius 3 is 2.50 bits per heavy atom. The van der Waals surface area contributed by atoms with Crippen LogP contribution < -0.4 is 11.1 Å². The van der Waals surface area contributed by atoms with Gasteiger partial charge < -0.3 is 10.5 Å². The summed E-state index contributed by atoms with van der Waals surface area (Å²) in [6.45, 7) is 9.49. The summed E-state index contributed by atoms with van der Waals surface area (Å²) in [5.41, 5.74) is 10.2. The summed E-state index contributed by atoms with van der Waals surface area (Å²) in [5, 5.41) is 5.75. The molecular weight excluding hydrogens is 420 g/mol. The molecule has 32 heavy (non-hydrogen) atoms. The predicted octanol–water partition coefficient (Wildman–Crippen LogP) is 6.98. The minimum atomic E-state index is -0.561. The zero-order valence-corrected chi connectivity index (χ0v) is 19.8. The van der Waals surface area contributed by atoms with Crippen molar-refractivity contribution < 1.29 is 9.53 Å². The van der Waals surface area contributed by atoms with E-state index in [0.717, 1.165) is 32.3 Å². The highest BCUT2D eigenvalue weighted by Gasteiger charge is 2.18. The summed E-state index contributed by atoms with van der Waals surface area (Å²) < 4.78 is 6.39. The number of carbonyl (C=O) groups is 1. The number of nitrogens with one attached hydrogen (secondary N) is 1. The number of hydrogen-bond donors (Lipinski definition) is 2. The van der Waals surface area contributed by atoms with Crippen LogP contribution in [0.5, 0.6) is 0 Å². The van der Waals surface area contributed by atoms with Gasteiger partial charge in [-0.3, -0.25) is 10.3 Å². The van der Waals surface area contributed by atoms with E-state index in [1.807, 2.05) is 77.2 Å². The van der Waals surface area contributed by atoms with Crippen LogP contribution in [0.4, 0.5) is 16.3 Å². The molecule has 0 unspecified atom stereocenters. The van der Waals surface area contributed by atoms with Crippen molar-refractivity contribution >= 4 is 39.0 Å². The van der Waals surface area contributed by atoms with Crippen molar-refractivity contribution in [2.24, 2.45) is 0 Å². The number of fused-ring (bicyclic) bond motifs is 1. The lowest BCUT2D eigenvalue weighted by Gasteiger charge is -2.19. The Balaban J connectivity index is 0.00000141. The summed E-state index contributed by atoms with van der Waals surface area (Å²) in [5.74, 6) is 0.472. The number of hydrogen-bond acceptors (Lipinski definition) is 6. The minimum absolute atomic E-state index is 0.472. The maximum Gasteiger partial charge on any atom is 0.412 e. The van der Waals surface area contributed by atoms with E-state index in [-0.39, 0.29) is 0 Å². The molecule has 166 valence electrons. The van der Waals surface area contributed by atoms with Crippen LogP contribution in [0.3, 0.4) is 0 Å². The van der Waals surface area contributed by atoms with Gasteiger partial charge in [0.15, 0.2) is 0 Å². The lowest BCUT2D eigenvalue weighted by Crippen LogP contribution is -2.27. The molecule has 3 heterocycles. The number of aromatic nitrogens is 2. The van der Waals surface area contributed by atoms with Gasteiger partial charge in [0.2, 0.25) is 0 Å². The van der Waals surface area contributed by atoms with E-state index in [4.69, 9.17) is 10.5 Å². The van der Waals surface area contributed by atoms with Crippen LogP contribution in [0.25, 0.3) is 32.3 Å². The maximum atomic E-state index is 12.1. The standard InChI is InChI=1S/C23H22N4O2S.C2H6/c1-23(2,3)29-22(28)27-16-8-4-6-14(10-16)18-13-30-20-17(12-26-21(24)19(18)20)15-7-5-9-25-11-15;1-2/h4-13H,1-3H3,(H2,24,26)(H,27,28);1-2H3. The van der Waals surface area contributed by atoms with Gasteiger partial charge in [0.1, 0.15) is 11.4 Å². The van der Waals surface area contributed by atoms with Crippen LogP contribution in [0.1, 0.15) is 34.6 Å². The van der Waals surface area contributed by atoms with E-state index in [9.17, 15) is 4.79 Å². The zero-order valence-electron chi connectivity index (χ0n) is 19.0. The van der Waals surface area contributed by atoms with Crippen molar-refractivity contribution in [1.29, 1.82) is 0 Å². The number of anilines is 2. The third-order valence-corrected chi connectivity index (χ3v) is 5.43. The quantitative estimate of drug-likeness (QED) is 0.353. The number of thiophene rings is 1. The molecule has 4 rings (SSSR count). The van der Waals surface area contributed by atoms with E-state index in [1.165, 1.54) is 0 Å². The van der Waals surface area contributed by atoms with Crippen LogP contribution in [-0.2, 0) is 4.74 Å². The number of ether oxygens (including phenoxy) is 1. The van der Waals surface area contributed by atoms with Gasteiger partial charge in [0.05, 0.1) is 0 Å². The van der Waals surface area contributed by atoms with Crippen LogP contribution in [-0.4, -0.2) is 21.7 Å². The molecule has 0 saturated heterocycles. The summed E-state index contributed by atoms with van der Waals surface area (Å²) in [4.78, 5) is 20.8. The molecule has 0 aliphatic carbocycles. The fourth-order valence-electron chi connectivity index (χ4n) is 3.19. The molecule has 1 amide bonds. The first kappa shape index (κ1) is 23.2. The number of nitrogens with zero attached hydrogens (tertiary/aromatic N) is 2. The largest absolute Gasteiger partial charge is 0.444 e. The first-order valence-electron chi connectivity index (χ1n) is 10.5. The Morgan fingerprint density at radius 1 is 1.06 bits per heavy atom. The predicted molar refractivity (Wildman–Crippen MR) is 134 cm³/mol. The summed E-state index contributed by atoms with van der Waals surface area (Å²) in [7, 11) is 0. The fourth-order valence-corrected chi connectivity index (χ4v) is 4.31. The first-order valence-corrected chi connectivity index (χ1v) is 11.4. The minimum Gasteiger partial charge on any atom is -0.444 e. The average Bonchev–Trinajstić information content (AvgIpc) is 3.21. The van der Waals surface area contributed by atoms with Crippen molar-refractivity contribution in [3.05, 3.63) is 60.4 Å². The van der Waals surface area contributed by atoms with Gasteiger partial charge in [-0.05, 0) is 49.9 Å². The Hall–Kier alpha value is -3.45. The van der Waals surface area contributed by atoms with Crippen molar-refractivity contribution in [2.75, 3.05) is 11.1 Å². The highest BCUT2D eigenvalue weighted by Crippen LogP contribution is 2.41. The molecular formula is C25H28N4O2S. The van der Waals surface area contributed by atoms with Gasteiger partial charge in [-0.25, -0.2) is 9.78 Å². The Bertz CT molecular complexity index is 1210. The monoisotopic (exact) mass is 448 g/mol. The second kappa shape index (κ2) is 9.78. The van der Waals surface area contributed by atoms with E-state index >= 15 is 0 Å². The molecule has 3 aromatic heterocycles. The SMILES string of the molecule is CC.CC(C)(C)OC(=O)Nc1cccc(-c2csc3c(-c4cccnc4)cnc(N)c23)c1. The number of rotatable bonds is 3. The molecule has 0 fully saturated rings. The van der Waals surface area contributed by atoms with Gasteiger partial charge in [-0.2, -0.15) is 0 Å². The molecule has 0 spiro atoms. The number of amides is 1. The normalized spacial score (nSPS) is 10.9. The highest BCUT2D eigenvalue weighted by molar-refractivity contribution is 7.18. The third kappa shape index (κ3) is 5.23. The van der Waals surface area contributed by atoms with Gasteiger partial charge in [-0.1, -0.05) is 32.0 Å². The molecule has 4 aromatic rings. The highest BCUT2D eigenvalue weighted by atomic mass is 32.1. The van der Waals surface area contributed by atoms with E-state index in [1.54, 1.807) is 23.7 Å². The van der Waals surface area contributed by atoms with E-state index < -0.39 is 11.7 Å². The average molecular weight is 449 g/mol. The molecule has 0 bridgehead atoms. The molecule has 0 aliphatic heterocycles. The lowest BCUT2D eigenvalue weighted by molar-refractivity contribution is 0.0636. The number of nitrogens with two attached hydrogens (primary N) is 1. The Kier molecular flexibility index (Phi) is 7.10. The third-order valence-electron chi connectivity index (χ3n) is 4.42. The number of benzene rings is 1. The van der Waals surface area contributed by atoms with Crippen molar-refractivity contribution in [2.45, 2.75) is 40.2 Å². The van der Waals surface area contributed by atoms with E-state index in [0.29, 0.717) is 11.5 Å². The molecule has 0 radical (unpaired) electrons. The molecule has 6 nitrogen and oxygen atoms in total. The lowest BCUT2D eigenvalue weighted by atomic mass is 10.0. The number of nitrogen functional groups attached to an aromatic ring is 1. The molecule has 7 heteroatoms. The van der Waals surface area contributed by atoms with Crippen LogP contribution in [0, 0.1) is 0 Å². The van der Waals surface area contributed by atoms with Crippen molar-refractivity contribution in [1.82, 2.24) is 9.97 Å². The number of carbonyl (C=O) groups excluding carboxylic acids is 1. The molecule has 1 aromatic carbocycles. The van der Waals surface area contributed by atoms with Crippen molar-refractivity contribution in [3.8, 4) is 22.3 Å². The topological polar surface area (TPSA) is 90.1 Å². The molecule has 3 N–H and O–H groups in total. The Labute approximate surface area is 192 Å². The molecule has 0 saturated carbocycles.